The number of halogens is 1. The fourth-order valence-electron chi connectivity index (χ4n) is 3.66. The Hall–Kier alpha value is -3.16. The van der Waals surface area contributed by atoms with E-state index in [9.17, 15) is 9.59 Å². The molecule has 7 nitrogen and oxygen atoms in total. The molecule has 2 amide bonds. The number of anilines is 1. The standard InChI is InChI=1S/C24H25ClN4O3/c1-15-13-21(28-22(15)23(30)17-3-5-18(25)6-4-17)16(2)20-8-7-19(14-26-20)27-24(31)29-9-11-32-12-10-29/h3-8,13-14,16,28H,9-12H2,1-2H3,(H,27,31). The Balaban J connectivity index is 1.45. The summed E-state index contributed by atoms with van der Waals surface area (Å²) in [6.07, 6.45) is 1.65. The van der Waals surface area contributed by atoms with Gasteiger partial charge in [-0.05, 0) is 55.0 Å². The van der Waals surface area contributed by atoms with Crippen LogP contribution in [0.25, 0.3) is 0 Å². The largest absolute Gasteiger partial charge is 0.378 e. The van der Waals surface area contributed by atoms with Gasteiger partial charge in [0.05, 0.1) is 30.8 Å². The van der Waals surface area contributed by atoms with E-state index in [0.29, 0.717) is 48.3 Å². The van der Waals surface area contributed by atoms with Crippen molar-refractivity contribution in [2.75, 3.05) is 31.6 Å². The minimum Gasteiger partial charge on any atom is -0.378 e. The van der Waals surface area contributed by atoms with Crippen LogP contribution in [0.15, 0.2) is 48.7 Å². The van der Waals surface area contributed by atoms with Crippen LogP contribution in [0.5, 0.6) is 0 Å². The quantitative estimate of drug-likeness (QED) is 0.553. The van der Waals surface area contributed by atoms with Crippen molar-refractivity contribution in [3.8, 4) is 0 Å². The first-order valence-corrected chi connectivity index (χ1v) is 10.9. The monoisotopic (exact) mass is 452 g/mol. The van der Waals surface area contributed by atoms with Crippen molar-refractivity contribution in [1.29, 1.82) is 0 Å². The molecule has 166 valence electrons. The maximum Gasteiger partial charge on any atom is 0.322 e. The SMILES string of the molecule is Cc1cc(C(C)c2ccc(NC(=O)N3CCOCC3)cn2)[nH]c1C(=O)c1ccc(Cl)cc1. The normalized spacial score (nSPS) is 14.8. The molecule has 1 unspecified atom stereocenters. The number of carbonyl (C=O) groups is 2. The number of benzene rings is 1. The Morgan fingerprint density at radius 2 is 1.88 bits per heavy atom. The molecule has 0 saturated carbocycles. The molecule has 1 aliphatic rings. The number of carbonyl (C=O) groups excluding carboxylic acids is 2. The molecule has 0 bridgehead atoms. The Morgan fingerprint density at radius 1 is 1.16 bits per heavy atom. The minimum atomic E-state index is -0.152. The van der Waals surface area contributed by atoms with Crippen molar-refractivity contribution < 1.29 is 14.3 Å². The molecule has 3 heterocycles. The lowest BCUT2D eigenvalue weighted by atomic mass is 10.0. The molecule has 32 heavy (non-hydrogen) atoms. The second kappa shape index (κ2) is 9.54. The first-order chi connectivity index (χ1) is 15.4. The molecule has 1 fully saturated rings. The molecule has 1 aromatic carbocycles. The van der Waals surface area contributed by atoms with Gasteiger partial charge in [0.25, 0.3) is 0 Å². The van der Waals surface area contributed by atoms with Crippen molar-refractivity contribution in [2.45, 2.75) is 19.8 Å². The van der Waals surface area contributed by atoms with Crippen LogP contribution in [0.4, 0.5) is 10.5 Å². The van der Waals surface area contributed by atoms with E-state index in [-0.39, 0.29) is 17.7 Å². The van der Waals surface area contributed by atoms with Crippen molar-refractivity contribution in [1.82, 2.24) is 14.9 Å². The Labute approximate surface area is 191 Å². The zero-order valence-corrected chi connectivity index (χ0v) is 18.8. The maximum atomic E-state index is 12.9. The van der Waals surface area contributed by atoms with E-state index >= 15 is 0 Å². The molecule has 0 aliphatic carbocycles. The summed E-state index contributed by atoms with van der Waals surface area (Å²) < 4.78 is 5.28. The molecule has 3 aromatic rings. The highest BCUT2D eigenvalue weighted by atomic mass is 35.5. The average Bonchev–Trinajstić information content (AvgIpc) is 3.21. The van der Waals surface area contributed by atoms with Crippen LogP contribution in [-0.4, -0.2) is 53.0 Å². The van der Waals surface area contributed by atoms with E-state index in [0.717, 1.165) is 17.0 Å². The fourth-order valence-corrected chi connectivity index (χ4v) is 3.79. The van der Waals surface area contributed by atoms with Gasteiger partial charge < -0.3 is 19.9 Å². The third kappa shape index (κ3) is 4.84. The number of nitrogens with zero attached hydrogens (tertiary/aromatic N) is 2. The summed E-state index contributed by atoms with van der Waals surface area (Å²) in [4.78, 5) is 34.7. The van der Waals surface area contributed by atoms with Crippen LogP contribution in [0.1, 0.15) is 45.8 Å². The summed E-state index contributed by atoms with van der Waals surface area (Å²) >= 11 is 5.93. The van der Waals surface area contributed by atoms with E-state index in [1.807, 2.05) is 32.0 Å². The fraction of sp³-hybridized carbons (Fsp3) is 0.292. The molecule has 2 aromatic heterocycles. The van der Waals surface area contributed by atoms with E-state index in [2.05, 4.69) is 15.3 Å². The topological polar surface area (TPSA) is 87.3 Å². The lowest BCUT2D eigenvalue weighted by Gasteiger charge is -2.26. The molecule has 1 atom stereocenters. The first-order valence-electron chi connectivity index (χ1n) is 10.5. The van der Waals surface area contributed by atoms with Gasteiger partial charge in [-0.2, -0.15) is 0 Å². The van der Waals surface area contributed by atoms with E-state index in [1.165, 1.54) is 0 Å². The lowest BCUT2D eigenvalue weighted by Crippen LogP contribution is -2.43. The smallest absolute Gasteiger partial charge is 0.322 e. The average molecular weight is 453 g/mol. The van der Waals surface area contributed by atoms with Gasteiger partial charge >= 0.3 is 6.03 Å². The van der Waals surface area contributed by atoms with Crippen molar-refractivity contribution in [3.63, 3.8) is 0 Å². The summed E-state index contributed by atoms with van der Waals surface area (Å²) in [6, 6.07) is 12.4. The summed E-state index contributed by atoms with van der Waals surface area (Å²) in [7, 11) is 0. The molecule has 1 aliphatic heterocycles. The van der Waals surface area contributed by atoms with Gasteiger partial charge in [-0.15, -0.1) is 0 Å². The number of morpholine rings is 1. The third-order valence-corrected chi connectivity index (χ3v) is 5.87. The van der Waals surface area contributed by atoms with Gasteiger partial charge in [-0.1, -0.05) is 18.5 Å². The number of pyridine rings is 1. The number of amides is 2. The highest BCUT2D eigenvalue weighted by Gasteiger charge is 2.20. The minimum absolute atomic E-state index is 0.0514. The molecular formula is C24H25ClN4O3. The number of nitrogens with one attached hydrogen (secondary N) is 2. The third-order valence-electron chi connectivity index (χ3n) is 5.62. The molecule has 2 N–H and O–H groups in total. The molecule has 0 spiro atoms. The van der Waals surface area contributed by atoms with Crippen molar-refractivity contribution in [3.05, 3.63) is 81.9 Å². The van der Waals surface area contributed by atoms with Crippen LogP contribution in [0.2, 0.25) is 5.02 Å². The predicted octanol–water partition coefficient (Wildman–Crippen LogP) is 4.62. The highest BCUT2D eigenvalue weighted by Crippen LogP contribution is 2.26. The number of H-pyrrole nitrogens is 1. The van der Waals surface area contributed by atoms with Gasteiger partial charge in [0.2, 0.25) is 5.78 Å². The number of aromatic nitrogens is 2. The summed E-state index contributed by atoms with van der Waals surface area (Å²) in [5.41, 5.74) is 4.39. The Kier molecular flexibility index (Phi) is 6.58. The van der Waals surface area contributed by atoms with Crippen molar-refractivity contribution in [2.24, 2.45) is 0 Å². The van der Waals surface area contributed by atoms with Gasteiger partial charge in [-0.3, -0.25) is 9.78 Å². The van der Waals surface area contributed by atoms with E-state index in [1.54, 1.807) is 35.4 Å². The summed E-state index contributed by atoms with van der Waals surface area (Å²) in [5, 5.41) is 3.47. The number of ether oxygens (including phenoxy) is 1. The number of ketones is 1. The molecule has 0 radical (unpaired) electrons. The van der Waals surface area contributed by atoms with Gasteiger partial charge in [-0.25, -0.2) is 4.79 Å². The number of rotatable bonds is 5. The number of urea groups is 1. The zero-order valence-electron chi connectivity index (χ0n) is 18.0. The zero-order chi connectivity index (χ0) is 22.7. The Morgan fingerprint density at radius 3 is 2.53 bits per heavy atom. The number of hydrogen-bond donors (Lipinski definition) is 2. The highest BCUT2D eigenvalue weighted by molar-refractivity contribution is 6.30. The molecular weight excluding hydrogens is 428 g/mol. The maximum absolute atomic E-state index is 12.9. The summed E-state index contributed by atoms with van der Waals surface area (Å²) in [5.74, 6) is -0.129. The van der Waals surface area contributed by atoms with E-state index in [4.69, 9.17) is 16.3 Å². The van der Waals surface area contributed by atoms with Crippen molar-refractivity contribution >= 4 is 29.1 Å². The molecule has 4 rings (SSSR count). The number of aromatic amines is 1. The lowest BCUT2D eigenvalue weighted by molar-refractivity contribution is 0.0564. The number of aryl methyl sites for hydroxylation is 1. The van der Waals surface area contributed by atoms with Crippen LogP contribution >= 0.6 is 11.6 Å². The first kappa shape index (κ1) is 22.0. The van der Waals surface area contributed by atoms with Gasteiger partial charge in [0.15, 0.2) is 0 Å². The second-order valence-corrected chi connectivity index (χ2v) is 8.28. The molecule has 1 saturated heterocycles. The van der Waals surface area contributed by atoms with Gasteiger partial charge in [0, 0.05) is 41.0 Å². The molecule has 8 heteroatoms. The van der Waals surface area contributed by atoms with E-state index < -0.39 is 0 Å². The Bertz CT molecular complexity index is 1100. The predicted molar refractivity (Wildman–Crippen MR) is 124 cm³/mol. The number of hydrogen-bond acceptors (Lipinski definition) is 4. The second-order valence-electron chi connectivity index (χ2n) is 7.84. The summed E-state index contributed by atoms with van der Waals surface area (Å²) in [6.45, 7) is 6.21. The van der Waals surface area contributed by atoms with Crippen LogP contribution in [-0.2, 0) is 4.74 Å². The van der Waals surface area contributed by atoms with Crippen LogP contribution in [0, 0.1) is 6.92 Å². The van der Waals surface area contributed by atoms with Crippen LogP contribution in [0.3, 0.4) is 0 Å². The van der Waals surface area contributed by atoms with Crippen LogP contribution < -0.4 is 5.32 Å². The van der Waals surface area contributed by atoms with Gasteiger partial charge in [0.1, 0.15) is 0 Å².